The first-order valence-electron chi connectivity index (χ1n) is 5.94. The summed E-state index contributed by atoms with van der Waals surface area (Å²) in [6, 6.07) is 1.70. The largest absolute Gasteiger partial charge is 0.373 e. The molecule has 1 fully saturated rings. The lowest BCUT2D eigenvalue weighted by Crippen LogP contribution is -2.40. The molecule has 2 nitrogen and oxygen atoms in total. The maximum atomic E-state index is 13.8. The van der Waals surface area contributed by atoms with Crippen LogP contribution in [0.2, 0.25) is 0 Å². The Bertz CT molecular complexity index is 444. The molecule has 2 unspecified atom stereocenters. The lowest BCUT2D eigenvalue weighted by Gasteiger charge is -2.33. The zero-order valence-corrected chi connectivity index (χ0v) is 10.4. The van der Waals surface area contributed by atoms with Gasteiger partial charge in [0.25, 0.3) is 0 Å². The summed E-state index contributed by atoms with van der Waals surface area (Å²) < 4.78 is 45.7. The summed E-state index contributed by atoms with van der Waals surface area (Å²) in [6.07, 6.45) is 1.62. The van der Waals surface area contributed by atoms with Crippen molar-refractivity contribution < 1.29 is 17.9 Å². The van der Waals surface area contributed by atoms with E-state index in [9.17, 15) is 13.2 Å². The maximum absolute atomic E-state index is 13.8. The molecule has 1 aromatic rings. The van der Waals surface area contributed by atoms with Crippen LogP contribution in [-0.2, 0) is 4.74 Å². The van der Waals surface area contributed by atoms with Crippen LogP contribution in [0, 0.1) is 17.5 Å². The van der Waals surface area contributed by atoms with Crippen molar-refractivity contribution in [3.05, 3.63) is 35.1 Å². The Balaban J connectivity index is 2.42. The molecule has 0 bridgehead atoms. The lowest BCUT2D eigenvalue weighted by molar-refractivity contribution is -0.0115. The van der Waals surface area contributed by atoms with Gasteiger partial charge in [-0.3, -0.25) is 0 Å². The molecule has 1 aromatic carbocycles. The Morgan fingerprint density at radius 1 is 1.28 bits per heavy atom. The van der Waals surface area contributed by atoms with E-state index in [1.807, 2.05) is 6.92 Å². The third-order valence-corrected chi connectivity index (χ3v) is 3.52. The second-order valence-corrected chi connectivity index (χ2v) is 4.75. The Labute approximate surface area is 104 Å². The molecular formula is C13H16F3NO. The standard InChI is InChI=1S/C13H16F3NO/c1-13(6-3-7-18-13)12(17-2)8-4-5-9(14)11(16)10(8)15/h4-5,12,17H,3,6-7H2,1-2H3. The van der Waals surface area contributed by atoms with Gasteiger partial charge >= 0.3 is 0 Å². The molecule has 0 radical (unpaired) electrons. The highest BCUT2D eigenvalue weighted by atomic mass is 19.2. The molecule has 1 aliphatic rings. The summed E-state index contributed by atoms with van der Waals surface area (Å²) in [5, 5.41) is 2.93. The van der Waals surface area contributed by atoms with Gasteiger partial charge in [0.1, 0.15) is 0 Å². The smallest absolute Gasteiger partial charge is 0.194 e. The van der Waals surface area contributed by atoms with Crippen LogP contribution >= 0.6 is 0 Å². The van der Waals surface area contributed by atoms with Crippen molar-refractivity contribution >= 4 is 0 Å². The van der Waals surface area contributed by atoms with E-state index < -0.39 is 29.1 Å². The van der Waals surface area contributed by atoms with E-state index >= 15 is 0 Å². The molecule has 0 saturated carbocycles. The van der Waals surface area contributed by atoms with Crippen molar-refractivity contribution in [3.63, 3.8) is 0 Å². The van der Waals surface area contributed by atoms with Crippen LogP contribution in [-0.4, -0.2) is 19.3 Å². The van der Waals surface area contributed by atoms with Crippen molar-refractivity contribution in [1.29, 1.82) is 0 Å². The first-order valence-corrected chi connectivity index (χ1v) is 5.94. The molecule has 1 heterocycles. The zero-order chi connectivity index (χ0) is 13.3. The Kier molecular flexibility index (Phi) is 3.64. The quantitative estimate of drug-likeness (QED) is 0.843. The molecule has 1 aliphatic heterocycles. The van der Waals surface area contributed by atoms with Gasteiger partial charge in [-0.25, -0.2) is 13.2 Å². The predicted octanol–water partition coefficient (Wildman–Crippen LogP) is 2.93. The average Bonchev–Trinajstić information content (AvgIpc) is 2.78. The molecule has 0 amide bonds. The summed E-state index contributed by atoms with van der Waals surface area (Å²) in [7, 11) is 1.65. The number of likely N-dealkylation sites (N-methyl/N-ethyl adjacent to an activating group) is 1. The third kappa shape index (κ3) is 2.12. The molecule has 100 valence electrons. The predicted molar refractivity (Wildman–Crippen MR) is 61.7 cm³/mol. The molecule has 0 aliphatic carbocycles. The maximum Gasteiger partial charge on any atom is 0.194 e. The minimum Gasteiger partial charge on any atom is -0.373 e. The summed E-state index contributed by atoms with van der Waals surface area (Å²) in [4.78, 5) is 0. The van der Waals surface area contributed by atoms with Crippen LogP contribution < -0.4 is 5.32 Å². The van der Waals surface area contributed by atoms with Crippen molar-refractivity contribution in [2.24, 2.45) is 0 Å². The van der Waals surface area contributed by atoms with E-state index in [1.54, 1.807) is 7.05 Å². The van der Waals surface area contributed by atoms with E-state index in [4.69, 9.17) is 4.74 Å². The van der Waals surface area contributed by atoms with Crippen molar-refractivity contribution in [1.82, 2.24) is 5.32 Å². The van der Waals surface area contributed by atoms with E-state index in [2.05, 4.69) is 5.32 Å². The number of nitrogens with one attached hydrogen (secondary N) is 1. The summed E-state index contributed by atoms with van der Waals surface area (Å²) in [5.41, 5.74) is -0.499. The second kappa shape index (κ2) is 4.90. The molecule has 2 rings (SSSR count). The molecule has 1 N–H and O–H groups in total. The molecule has 0 aromatic heterocycles. The van der Waals surface area contributed by atoms with E-state index in [-0.39, 0.29) is 5.56 Å². The number of benzene rings is 1. The van der Waals surface area contributed by atoms with Crippen LogP contribution in [0.15, 0.2) is 12.1 Å². The highest BCUT2D eigenvalue weighted by molar-refractivity contribution is 5.26. The van der Waals surface area contributed by atoms with E-state index in [0.717, 1.165) is 18.9 Å². The van der Waals surface area contributed by atoms with Crippen LogP contribution in [0.5, 0.6) is 0 Å². The van der Waals surface area contributed by atoms with Crippen molar-refractivity contribution in [3.8, 4) is 0 Å². The molecule has 2 atom stereocenters. The topological polar surface area (TPSA) is 21.3 Å². The molecule has 18 heavy (non-hydrogen) atoms. The Hall–Kier alpha value is -1.07. The fourth-order valence-corrected chi connectivity index (χ4v) is 2.58. The van der Waals surface area contributed by atoms with Gasteiger partial charge in [0.05, 0.1) is 11.6 Å². The molecule has 5 heteroatoms. The van der Waals surface area contributed by atoms with Gasteiger partial charge in [-0.1, -0.05) is 6.07 Å². The first kappa shape index (κ1) is 13.4. The van der Waals surface area contributed by atoms with E-state index in [0.29, 0.717) is 6.61 Å². The lowest BCUT2D eigenvalue weighted by atomic mass is 9.87. The van der Waals surface area contributed by atoms with E-state index in [1.165, 1.54) is 6.07 Å². The summed E-state index contributed by atoms with van der Waals surface area (Å²) >= 11 is 0. The van der Waals surface area contributed by atoms with Gasteiger partial charge in [-0.05, 0) is 32.9 Å². The zero-order valence-electron chi connectivity index (χ0n) is 10.4. The summed E-state index contributed by atoms with van der Waals surface area (Å²) in [5.74, 6) is -3.76. The van der Waals surface area contributed by atoms with Gasteiger partial charge in [0.2, 0.25) is 0 Å². The van der Waals surface area contributed by atoms with Crippen molar-refractivity contribution in [2.75, 3.05) is 13.7 Å². The minimum absolute atomic E-state index is 0.0980. The fraction of sp³-hybridized carbons (Fsp3) is 0.538. The van der Waals surface area contributed by atoms with Crippen LogP contribution in [0.25, 0.3) is 0 Å². The number of rotatable bonds is 3. The van der Waals surface area contributed by atoms with Gasteiger partial charge in [-0.15, -0.1) is 0 Å². The molecule has 1 saturated heterocycles. The number of hydrogen-bond acceptors (Lipinski definition) is 2. The van der Waals surface area contributed by atoms with Gasteiger partial charge in [-0.2, -0.15) is 0 Å². The third-order valence-electron chi connectivity index (χ3n) is 3.52. The molecule has 0 spiro atoms. The van der Waals surface area contributed by atoms with Gasteiger partial charge in [0.15, 0.2) is 17.5 Å². The monoisotopic (exact) mass is 259 g/mol. The SMILES string of the molecule is CNC(c1ccc(F)c(F)c1F)C1(C)CCCO1. The Morgan fingerprint density at radius 3 is 2.56 bits per heavy atom. The van der Waals surface area contributed by atoms with Gasteiger partial charge < -0.3 is 10.1 Å². The summed E-state index contributed by atoms with van der Waals surface area (Å²) in [6.45, 7) is 2.45. The van der Waals surface area contributed by atoms with Crippen LogP contribution in [0.4, 0.5) is 13.2 Å². The van der Waals surface area contributed by atoms with Gasteiger partial charge in [0, 0.05) is 12.2 Å². The number of halogens is 3. The van der Waals surface area contributed by atoms with Crippen LogP contribution in [0.3, 0.4) is 0 Å². The number of hydrogen-bond donors (Lipinski definition) is 1. The highest BCUT2D eigenvalue weighted by Crippen LogP contribution is 2.38. The fourth-order valence-electron chi connectivity index (χ4n) is 2.58. The van der Waals surface area contributed by atoms with Crippen LogP contribution in [0.1, 0.15) is 31.4 Å². The normalized spacial score (nSPS) is 25.4. The average molecular weight is 259 g/mol. The first-order chi connectivity index (χ1) is 8.49. The number of ether oxygens (including phenoxy) is 1. The molecular weight excluding hydrogens is 243 g/mol. The second-order valence-electron chi connectivity index (χ2n) is 4.75. The Morgan fingerprint density at radius 2 is 2.00 bits per heavy atom. The minimum atomic E-state index is -1.44. The highest BCUT2D eigenvalue weighted by Gasteiger charge is 2.40. The van der Waals surface area contributed by atoms with Crippen molar-refractivity contribution in [2.45, 2.75) is 31.4 Å².